The first kappa shape index (κ1) is 13.8. The van der Waals surface area contributed by atoms with Crippen molar-refractivity contribution in [2.24, 2.45) is 0 Å². The Kier molecular flexibility index (Phi) is 3.98. The summed E-state index contributed by atoms with van der Waals surface area (Å²) >= 11 is 0. The van der Waals surface area contributed by atoms with Gasteiger partial charge in [0.1, 0.15) is 17.4 Å². The fraction of sp³-hybridized carbons (Fsp3) is 0.267. The molecule has 1 fully saturated rings. The van der Waals surface area contributed by atoms with E-state index in [4.69, 9.17) is 14.2 Å². The molecule has 0 unspecified atom stereocenters. The second-order valence-corrected chi connectivity index (χ2v) is 4.52. The summed E-state index contributed by atoms with van der Waals surface area (Å²) in [4.78, 5) is 4.27. The van der Waals surface area contributed by atoms with E-state index in [-0.39, 0.29) is 12.1 Å². The lowest BCUT2D eigenvalue weighted by Crippen LogP contribution is -2.01. The van der Waals surface area contributed by atoms with Gasteiger partial charge in [-0.15, -0.1) is 0 Å². The molecule has 0 radical (unpaired) electrons. The van der Waals surface area contributed by atoms with Gasteiger partial charge in [-0.2, -0.15) is 0 Å². The molecule has 0 saturated carbocycles. The maximum atomic E-state index is 13.3. The third-order valence-electron chi connectivity index (χ3n) is 3.10. The van der Waals surface area contributed by atoms with Gasteiger partial charge in [-0.25, -0.2) is 9.37 Å². The van der Waals surface area contributed by atoms with Crippen molar-refractivity contribution in [2.45, 2.75) is 6.29 Å². The Labute approximate surface area is 121 Å². The maximum absolute atomic E-state index is 13.3. The van der Waals surface area contributed by atoms with Gasteiger partial charge in [0.05, 0.1) is 26.0 Å². The van der Waals surface area contributed by atoms with Crippen LogP contribution in [-0.4, -0.2) is 25.3 Å². The molecule has 1 N–H and O–H groups in total. The summed E-state index contributed by atoms with van der Waals surface area (Å²) in [6.45, 7) is 1.18. The summed E-state index contributed by atoms with van der Waals surface area (Å²) in [6, 6.07) is 7.90. The average molecular weight is 290 g/mol. The molecule has 0 bridgehead atoms. The second-order valence-electron chi connectivity index (χ2n) is 4.52. The van der Waals surface area contributed by atoms with Gasteiger partial charge < -0.3 is 19.5 Å². The monoisotopic (exact) mass is 290 g/mol. The van der Waals surface area contributed by atoms with Crippen molar-refractivity contribution >= 4 is 11.5 Å². The van der Waals surface area contributed by atoms with E-state index in [0.717, 1.165) is 5.56 Å². The predicted octanol–water partition coefficient (Wildman–Crippen LogP) is 3.02. The Hall–Kier alpha value is -2.18. The topological polar surface area (TPSA) is 52.6 Å². The van der Waals surface area contributed by atoms with Crippen LogP contribution in [0.4, 0.5) is 15.9 Å². The van der Waals surface area contributed by atoms with E-state index in [1.807, 2.05) is 6.07 Å². The van der Waals surface area contributed by atoms with Crippen LogP contribution in [-0.2, 0) is 9.47 Å². The van der Waals surface area contributed by atoms with Crippen LogP contribution >= 0.6 is 0 Å². The SMILES string of the molecule is COc1ccc(F)cc1Nc1ccc(C2OCCO2)cn1. The smallest absolute Gasteiger partial charge is 0.185 e. The van der Waals surface area contributed by atoms with Gasteiger partial charge in [0.2, 0.25) is 0 Å². The van der Waals surface area contributed by atoms with Crippen LogP contribution in [0.15, 0.2) is 36.5 Å². The van der Waals surface area contributed by atoms with Gasteiger partial charge in [0.25, 0.3) is 0 Å². The number of pyridine rings is 1. The number of methoxy groups -OCH3 is 1. The molecule has 1 aliphatic rings. The summed E-state index contributed by atoms with van der Waals surface area (Å²) in [5.41, 5.74) is 1.37. The van der Waals surface area contributed by atoms with E-state index in [1.54, 1.807) is 18.3 Å². The predicted molar refractivity (Wildman–Crippen MR) is 75.1 cm³/mol. The second kappa shape index (κ2) is 6.07. The van der Waals surface area contributed by atoms with E-state index in [9.17, 15) is 4.39 Å². The minimum absolute atomic E-state index is 0.345. The van der Waals surface area contributed by atoms with Crippen molar-refractivity contribution in [1.82, 2.24) is 4.98 Å². The summed E-state index contributed by atoms with van der Waals surface area (Å²) in [6.07, 6.45) is 1.32. The molecule has 3 rings (SSSR count). The molecule has 0 spiro atoms. The summed E-state index contributed by atoms with van der Waals surface area (Å²) in [5, 5.41) is 3.02. The number of ether oxygens (including phenoxy) is 3. The standard InChI is InChI=1S/C15H15FN2O3/c1-19-13-4-3-11(16)8-12(13)18-14-5-2-10(9-17-14)15-20-6-7-21-15/h2-5,8-9,15H,6-7H2,1H3,(H,17,18). The highest BCUT2D eigenvalue weighted by Gasteiger charge is 2.18. The van der Waals surface area contributed by atoms with Crippen molar-refractivity contribution in [3.05, 3.63) is 47.9 Å². The number of benzene rings is 1. The zero-order valence-electron chi connectivity index (χ0n) is 11.5. The van der Waals surface area contributed by atoms with Gasteiger partial charge in [-0.1, -0.05) is 0 Å². The highest BCUT2D eigenvalue weighted by Crippen LogP contribution is 2.28. The minimum atomic E-state index is -0.352. The number of hydrogen-bond acceptors (Lipinski definition) is 5. The van der Waals surface area contributed by atoms with E-state index in [2.05, 4.69) is 10.3 Å². The molecule has 1 aromatic heterocycles. The molecule has 2 aromatic rings. The normalized spacial score (nSPS) is 15.1. The van der Waals surface area contributed by atoms with Crippen LogP contribution in [0.2, 0.25) is 0 Å². The first-order valence-corrected chi connectivity index (χ1v) is 6.56. The van der Waals surface area contributed by atoms with Crippen LogP contribution in [0.25, 0.3) is 0 Å². The van der Waals surface area contributed by atoms with Crippen LogP contribution < -0.4 is 10.1 Å². The molecule has 1 aromatic carbocycles. The molecule has 5 nitrogen and oxygen atoms in total. The Morgan fingerprint density at radius 2 is 2.05 bits per heavy atom. The number of anilines is 2. The summed E-state index contributed by atoms with van der Waals surface area (Å²) in [7, 11) is 1.53. The number of aromatic nitrogens is 1. The van der Waals surface area contributed by atoms with Crippen molar-refractivity contribution in [3.8, 4) is 5.75 Å². The molecule has 6 heteroatoms. The van der Waals surface area contributed by atoms with Gasteiger partial charge >= 0.3 is 0 Å². The summed E-state index contributed by atoms with van der Waals surface area (Å²) in [5.74, 6) is 0.785. The largest absolute Gasteiger partial charge is 0.495 e. The Morgan fingerprint density at radius 1 is 1.24 bits per heavy atom. The average Bonchev–Trinajstić information content (AvgIpc) is 3.03. The van der Waals surface area contributed by atoms with E-state index >= 15 is 0 Å². The molecule has 0 atom stereocenters. The fourth-order valence-electron chi connectivity index (χ4n) is 2.09. The van der Waals surface area contributed by atoms with Crippen LogP contribution in [0.1, 0.15) is 11.9 Å². The Balaban J connectivity index is 1.77. The lowest BCUT2D eigenvalue weighted by molar-refractivity contribution is -0.0443. The molecule has 0 aliphatic carbocycles. The lowest BCUT2D eigenvalue weighted by atomic mass is 10.2. The van der Waals surface area contributed by atoms with Crippen molar-refractivity contribution < 1.29 is 18.6 Å². The number of hydrogen-bond donors (Lipinski definition) is 1. The van der Waals surface area contributed by atoms with Gasteiger partial charge in [-0.05, 0) is 24.3 Å². The lowest BCUT2D eigenvalue weighted by Gasteiger charge is -2.12. The highest BCUT2D eigenvalue weighted by molar-refractivity contribution is 5.64. The number of rotatable bonds is 4. The molecular weight excluding hydrogens is 275 g/mol. The van der Waals surface area contributed by atoms with Crippen LogP contribution in [0, 0.1) is 5.82 Å². The molecule has 0 amide bonds. The first-order valence-electron chi connectivity index (χ1n) is 6.56. The van der Waals surface area contributed by atoms with Crippen molar-refractivity contribution in [2.75, 3.05) is 25.6 Å². The fourth-order valence-corrected chi connectivity index (χ4v) is 2.09. The first-order chi connectivity index (χ1) is 10.3. The van der Waals surface area contributed by atoms with E-state index in [0.29, 0.717) is 30.5 Å². The molecule has 110 valence electrons. The number of nitrogens with one attached hydrogen (secondary N) is 1. The van der Waals surface area contributed by atoms with Gasteiger partial charge in [0, 0.05) is 17.8 Å². The van der Waals surface area contributed by atoms with Gasteiger partial charge in [-0.3, -0.25) is 0 Å². The Morgan fingerprint density at radius 3 is 2.71 bits per heavy atom. The molecule has 21 heavy (non-hydrogen) atoms. The zero-order chi connectivity index (χ0) is 14.7. The quantitative estimate of drug-likeness (QED) is 0.938. The Bertz CT molecular complexity index is 613. The molecular formula is C15H15FN2O3. The van der Waals surface area contributed by atoms with E-state index in [1.165, 1.54) is 19.2 Å². The third kappa shape index (κ3) is 3.12. The maximum Gasteiger partial charge on any atom is 0.185 e. The molecule has 1 saturated heterocycles. The van der Waals surface area contributed by atoms with E-state index < -0.39 is 0 Å². The van der Waals surface area contributed by atoms with Crippen molar-refractivity contribution in [1.29, 1.82) is 0 Å². The van der Waals surface area contributed by atoms with Gasteiger partial charge in [0.15, 0.2) is 6.29 Å². The highest BCUT2D eigenvalue weighted by atomic mass is 19.1. The molecule has 2 heterocycles. The third-order valence-corrected chi connectivity index (χ3v) is 3.10. The zero-order valence-corrected chi connectivity index (χ0v) is 11.5. The van der Waals surface area contributed by atoms with Crippen molar-refractivity contribution in [3.63, 3.8) is 0 Å². The van der Waals surface area contributed by atoms with Crippen LogP contribution in [0.5, 0.6) is 5.75 Å². The number of halogens is 1. The molecule has 1 aliphatic heterocycles. The van der Waals surface area contributed by atoms with Crippen LogP contribution in [0.3, 0.4) is 0 Å². The minimum Gasteiger partial charge on any atom is -0.495 e. The number of nitrogens with zero attached hydrogens (tertiary/aromatic N) is 1. The summed E-state index contributed by atoms with van der Waals surface area (Å²) < 4.78 is 29.3.